The Kier molecular flexibility index (Phi) is 1.94. The molecular formula is C7H11N3O. The van der Waals surface area contributed by atoms with Crippen LogP contribution in [0.3, 0.4) is 0 Å². The highest BCUT2D eigenvalue weighted by molar-refractivity contribution is 5.48. The predicted molar refractivity (Wildman–Crippen MR) is 42.5 cm³/mol. The maximum absolute atomic E-state index is 5.56. The lowest BCUT2D eigenvalue weighted by Crippen LogP contribution is -2.02. The first kappa shape index (κ1) is 7.78. The predicted octanol–water partition coefficient (Wildman–Crippen LogP) is 0.684. The molecule has 1 heterocycles. The number of ether oxygens (including phenoxy) is 1. The van der Waals surface area contributed by atoms with Gasteiger partial charge in [0.05, 0.1) is 12.8 Å². The number of aryl methyl sites for hydroxylation is 2. The van der Waals surface area contributed by atoms with Crippen molar-refractivity contribution in [2.45, 2.75) is 13.8 Å². The molecule has 1 aromatic heterocycles. The van der Waals surface area contributed by atoms with E-state index in [0.29, 0.717) is 17.4 Å². The molecule has 60 valence electrons. The van der Waals surface area contributed by atoms with Crippen molar-refractivity contribution in [3.05, 3.63) is 11.5 Å². The van der Waals surface area contributed by atoms with Gasteiger partial charge in [0.1, 0.15) is 5.82 Å². The summed E-state index contributed by atoms with van der Waals surface area (Å²) < 4.78 is 4.98. The Bertz CT molecular complexity index is 249. The molecule has 1 rings (SSSR count). The van der Waals surface area contributed by atoms with E-state index in [0.717, 1.165) is 5.69 Å². The molecule has 0 aromatic carbocycles. The Balaban J connectivity index is 3.25. The second-order valence-corrected chi connectivity index (χ2v) is 2.27. The molecule has 0 unspecified atom stereocenters. The van der Waals surface area contributed by atoms with Gasteiger partial charge in [0.15, 0.2) is 11.6 Å². The highest BCUT2D eigenvalue weighted by Crippen LogP contribution is 2.21. The monoisotopic (exact) mass is 153 g/mol. The minimum absolute atomic E-state index is 0.400. The molecule has 4 nitrogen and oxygen atoms in total. The van der Waals surface area contributed by atoms with Gasteiger partial charge in [0.25, 0.3) is 0 Å². The van der Waals surface area contributed by atoms with E-state index in [9.17, 15) is 0 Å². The van der Waals surface area contributed by atoms with Gasteiger partial charge < -0.3 is 10.5 Å². The fourth-order valence-corrected chi connectivity index (χ4v) is 0.981. The minimum Gasteiger partial charge on any atom is -0.491 e. The molecule has 2 N–H and O–H groups in total. The summed E-state index contributed by atoms with van der Waals surface area (Å²) in [7, 11) is 1.55. The van der Waals surface area contributed by atoms with Crippen LogP contribution in [0.25, 0.3) is 0 Å². The molecule has 0 radical (unpaired) electrons. The Morgan fingerprint density at radius 2 is 1.91 bits per heavy atom. The molecule has 0 saturated heterocycles. The van der Waals surface area contributed by atoms with Gasteiger partial charge in [-0.3, -0.25) is 0 Å². The molecule has 1 aromatic rings. The van der Waals surface area contributed by atoms with Gasteiger partial charge in [-0.2, -0.15) is 0 Å². The van der Waals surface area contributed by atoms with Gasteiger partial charge in [-0.25, -0.2) is 9.97 Å². The summed E-state index contributed by atoms with van der Waals surface area (Å²) in [5, 5.41) is 0. The number of anilines is 1. The summed E-state index contributed by atoms with van der Waals surface area (Å²) in [6, 6.07) is 0. The zero-order valence-corrected chi connectivity index (χ0v) is 6.88. The number of nitrogens with two attached hydrogens (primary N) is 1. The normalized spacial score (nSPS) is 9.73. The van der Waals surface area contributed by atoms with Crippen molar-refractivity contribution in [2.75, 3.05) is 12.8 Å². The molecule has 0 aliphatic carbocycles. The number of methoxy groups -OCH3 is 1. The van der Waals surface area contributed by atoms with Crippen molar-refractivity contribution in [1.82, 2.24) is 9.97 Å². The zero-order valence-electron chi connectivity index (χ0n) is 6.88. The van der Waals surface area contributed by atoms with Crippen molar-refractivity contribution in [3.8, 4) is 5.75 Å². The molecule has 0 fully saturated rings. The Labute approximate surface area is 65.4 Å². The van der Waals surface area contributed by atoms with E-state index in [4.69, 9.17) is 10.5 Å². The second-order valence-electron chi connectivity index (χ2n) is 2.27. The van der Waals surface area contributed by atoms with Crippen LogP contribution in [0.1, 0.15) is 11.5 Å². The average Bonchev–Trinajstić information content (AvgIpc) is 1.85. The number of hydrogen-bond acceptors (Lipinski definition) is 4. The number of aromatic nitrogens is 2. The van der Waals surface area contributed by atoms with Gasteiger partial charge >= 0.3 is 0 Å². The third-order valence-electron chi connectivity index (χ3n) is 1.38. The van der Waals surface area contributed by atoms with Crippen molar-refractivity contribution in [2.24, 2.45) is 0 Å². The highest BCUT2D eigenvalue weighted by atomic mass is 16.5. The van der Waals surface area contributed by atoms with Crippen LogP contribution in [-0.2, 0) is 0 Å². The fraction of sp³-hybridized carbons (Fsp3) is 0.429. The fourth-order valence-electron chi connectivity index (χ4n) is 0.981. The molecule has 0 bridgehead atoms. The first-order chi connectivity index (χ1) is 5.15. The number of hydrogen-bond donors (Lipinski definition) is 1. The summed E-state index contributed by atoms with van der Waals surface area (Å²) in [5.41, 5.74) is 6.33. The van der Waals surface area contributed by atoms with Crippen LogP contribution in [0, 0.1) is 13.8 Å². The lowest BCUT2D eigenvalue weighted by atomic mass is 10.4. The standard InChI is InChI=1S/C7H11N3O/c1-4-6(11-3)7(8)10-5(2)9-4/h1-3H3,(H2,8,9,10). The molecule has 0 aliphatic rings. The van der Waals surface area contributed by atoms with E-state index >= 15 is 0 Å². The summed E-state index contributed by atoms with van der Waals surface area (Å²) in [4.78, 5) is 8.04. The Morgan fingerprint density at radius 3 is 2.36 bits per heavy atom. The summed E-state index contributed by atoms with van der Waals surface area (Å²) in [5.74, 6) is 1.63. The molecule has 0 aliphatic heterocycles. The molecule has 11 heavy (non-hydrogen) atoms. The minimum atomic E-state index is 0.400. The van der Waals surface area contributed by atoms with E-state index in [2.05, 4.69) is 9.97 Å². The first-order valence-corrected chi connectivity index (χ1v) is 3.30. The number of rotatable bonds is 1. The van der Waals surface area contributed by atoms with E-state index < -0.39 is 0 Å². The zero-order chi connectivity index (χ0) is 8.43. The third-order valence-corrected chi connectivity index (χ3v) is 1.38. The van der Waals surface area contributed by atoms with Gasteiger partial charge in [0.2, 0.25) is 0 Å². The van der Waals surface area contributed by atoms with Crippen LogP contribution in [0.4, 0.5) is 5.82 Å². The lowest BCUT2D eigenvalue weighted by Gasteiger charge is -2.06. The van der Waals surface area contributed by atoms with Crippen LogP contribution in [0.2, 0.25) is 0 Å². The van der Waals surface area contributed by atoms with Crippen molar-refractivity contribution < 1.29 is 4.74 Å². The van der Waals surface area contributed by atoms with Crippen molar-refractivity contribution in [3.63, 3.8) is 0 Å². The molecule has 0 amide bonds. The lowest BCUT2D eigenvalue weighted by molar-refractivity contribution is 0.409. The first-order valence-electron chi connectivity index (χ1n) is 3.30. The summed E-state index contributed by atoms with van der Waals surface area (Å²) in [6.07, 6.45) is 0. The van der Waals surface area contributed by atoms with E-state index in [1.54, 1.807) is 14.0 Å². The molecular weight excluding hydrogens is 142 g/mol. The highest BCUT2D eigenvalue weighted by Gasteiger charge is 2.05. The number of nitrogens with zero attached hydrogens (tertiary/aromatic N) is 2. The van der Waals surface area contributed by atoms with Gasteiger partial charge in [0, 0.05) is 0 Å². The molecule has 0 saturated carbocycles. The van der Waals surface area contributed by atoms with E-state index in [1.165, 1.54) is 0 Å². The maximum Gasteiger partial charge on any atom is 0.182 e. The van der Waals surface area contributed by atoms with Crippen molar-refractivity contribution >= 4 is 5.82 Å². The number of nitrogen functional groups attached to an aromatic ring is 1. The van der Waals surface area contributed by atoms with Crippen LogP contribution in [-0.4, -0.2) is 17.1 Å². The quantitative estimate of drug-likeness (QED) is 0.644. The Morgan fingerprint density at radius 1 is 1.27 bits per heavy atom. The average molecular weight is 153 g/mol. The van der Waals surface area contributed by atoms with Crippen LogP contribution in [0.5, 0.6) is 5.75 Å². The SMILES string of the molecule is COc1c(C)nc(C)nc1N. The van der Waals surface area contributed by atoms with Crippen LogP contribution in [0.15, 0.2) is 0 Å². The van der Waals surface area contributed by atoms with Gasteiger partial charge in [-0.15, -0.1) is 0 Å². The molecule has 4 heteroatoms. The molecule has 0 spiro atoms. The Hall–Kier alpha value is -1.32. The van der Waals surface area contributed by atoms with E-state index in [-0.39, 0.29) is 0 Å². The van der Waals surface area contributed by atoms with E-state index in [1.807, 2.05) is 6.92 Å². The third kappa shape index (κ3) is 1.39. The van der Waals surface area contributed by atoms with Crippen LogP contribution >= 0.6 is 0 Å². The molecule has 0 atom stereocenters. The second kappa shape index (κ2) is 2.74. The van der Waals surface area contributed by atoms with Gasteiger partial charge in [-0.05, 0) is 13.8 Å². The topological polar surface area (TPSA) is 61.0 Å². The van der Waals surface area contributed by atoms with Crippen LogP contribution < -0.4 is 10.5 Å². The van der Waals surface area contributed by atoms with Crippen molar-refractivity contribution in [1.29, 1.82) is 0 Å². The van der Waals surface area contributed by atoms with Gasteiger partial charge in [-0.1, -0.05) is 0 Å². The summed E-state index contributed by atoms with van der Waals surface area (Å²) in [6.45, 7) is 3.63. The smallest absolute Gasteiger partial charge is 0.182 e. The largest absolute Gasteiger partial charge is 0.491 e. The summed E-state index contributed by atoms with van der Waals surface area (Å²) >= 11 is 0. The maximum atomic E-state index is 5.56.